The quantitative estimate of drug-likeness (QED) is 0.301. The molecule has 0 aliphatic carbocycles. The first-order valence-corrected chi connectivity index (χ1v) is 11.0. The van der Waals surface area contributed by atoms with Gasteiger partial charge in [0.05, 0.1) is 5.69 Å². The van der Waals surface area contributed by atoms with Gasteiger partial charge in [-0.15, -0.1) is 0 Å². The molecule has 1 aliphatic rings. The molecule has 1 saturated heterocycles. The molecule has 4 rings (SSSR count). The van der Waals surface area contributed by atoms with E-state index in [9.17, 15) is 14.0 Å². The minimum Gasteiger partial charge on any atom is -0.318 e. The minimum absolute atomic E-state index is 0.00999. The van der Waals surface area contributed by atoms with Gasteiger partial charge in [-0.05, 0) is 86.6 Å². The lowest BCUT2D eigenvalue weighted by Crippen LogP contribution is -2.54. The van der Waals surface area contributed by atoms with Crippen molar-refractivity contribution in [2.75, 3.05) is 4.90 Å². The van der Waals surface area contributed by atoms with E-state index in [4.69, 9.17) is 12.2 Å². The average Bonchev–Trinajstić information content (AvgIpc) is 3.01. The number of rotatable bonds is 3. The summed E-state index contributed by atoms with van der Waals surface area (Å²) < 4.78 is 17.4. The van der Waals surface area contributed by atoms with Crippen LogP contribution in [-0.2, 0) is 9.59 Å². The number of benzene rings is 2. The van der Waals surface area contributed by atoms with Gasteiger partial charge >= 0.3 is 0 Å². The smallest absolute Gasteiger partial charge is 0.270 e. The molecule has 0 atom stereocenters. The molecule has 1 fully saturated rings. The second kappa shape index (κ2) is 8.44. The first-order chi connectivity index (χ1) is 15.2. The van der Waals surface area contributed by atoms with E-state index in [1.165, 1.54) is 24.3 Å². The van der Waals surface area contributed by atoms with Crippen LogP contribution in [0.1, 0.15) is 22.5 Å². The molecule has 2 amide bonds. The molecule has 2 aromatic carbocycles. The van der Waals surface area contributed by atoms with Crippen LogP contribution in [0.5, 0.6) is 0 Å². The number of amides is 2. The van der Waals surface area contributed by atoms with Crippen LogP contribution in [-0.4, -0.2) is 21.5 Å². The predicted molar refractivity (Wildman–Crippen MR) is 130 cm³/mol. The number of anilines is 1. The third-order valence-electron chi connectivity index (χ3n) is 5.36. The number of aromatic nitrogens is 1. The standard InChI is InChI=1S/C24H19BrFN3O2S/c1-13-10-17(8-9-19(13)25)28-14(2)11-16(15(28)3)12-18-22(30)27-24(32)29(23(18)31)21-7-5-4-6-20(21)26/h4-12H,1-3H3,(H,27,30,32)/b18-12+. The molecule has 1 aromatic heterocycles. The maximum Gasteiger partial charge on any atom is 0.270 e. The van der Waals surface area contributed by atoms with Gasteiger partial charge in [-0.1, -0.05) is 28.1 Å². The summed E-state index contributed by atoms with van der Waals surface area (Å²) in [5.74, 6) is -1.90. The van der Waals surface area contributed by atoms with Gasteiger partial charge in [0.1, 0.15) is 11.4 Å². The summed E-state index contributed by atoms with van der Waals surface area (Å²) in [7, 11) is 0. The van der Waals surface area contributed by atoms with E-state index in [-0.39, 0.29) is 16.4 Å². The maximum absolute atomic E-state index is 14.3. The highest BCUT2D eigenvalue weighted by atomic mass is 79.9. The molecule has 5 nitrogen and oxygen atoms in total. The van der Waals surface area contributed by atoms with Crippen LogP contribution in [0.25, 0.3) is 11.8 Å². The summed E-state index contributed by atoms with van der Waals surface area (Å²) in [6.45, 7) is 5.88. The summed E-state index contributed by atoms with van der Waals surface area (Å²) >= 11 is 8.66. The summed E-state index contributed by atoms with van der Waals surface area (Å²) in [4.78, 5) is 26.8. The van der Waals surface area contributed by atoms with E-state index in [1.54, 1.807) is 6.07 Å². The molecular formula is C24H19BrFN3O2S. The fourth-order valence-electron chi connectivity index (χ4n) is 3.76. The molecule has 1 N–H and O–H groups in total. The normalized spacial score (nSPS) is 15.5. The molecule has 1 aliphatic heterocycles. The van der Waals surface area contributed by atoms with Gasteiger partial charge in [-0.3, -0.25) is 14.9 Å². The number of thiocarbonyl (C=S) groups is 1. The topological polar surface area (TPSA) is 54.3 Å². The van der Waals surface area contributed by atoms with Crippen molar-refractivity contribution in [1.29, 1.82) is 0 Å². The molecule has 8 heteroatoms. The minimum atomic E-state index is -0.673. The molecule has 2 heterocycles. The van der Waals surface area contributed by atoms with Gasteiger partial charge in [-0.25, -0.2) is 9.29 Å². The van der Waals surface area contributed by atoms with Crippen LogP contribution >= 0.6 is 28.1 Å². The highest BCUT2D eigenvalue weighted by molar-refractivity contribution is 9.10. The highest BCUT2D eigenvalue weighted by Gasteiger charge is 2.35. The van der Waals surface area contributed by atoms with Crippen molar-refractivity contribution in [2.45, 2.75) is 20.8 Å². The zero-order valence-electron chi connectivity index (χ0n) is 17.6. The lowest BCUT2D eigenvalue weighted by atomic mass is 10.1. The van der Waals surface area contributed by atoms with E-state index >= 15 is 0 Å². The lowest BCUT2D eigenvalue weighted by Gasteiger charge is -2.29. The Balaban J connectivity index is 1.78. The number of nitrogens with zero attached hydrogens (tertiary/aromatic N) is 2. The van der Waals surface area contributed by atoms with E-state index in [0.29, 0.717) is 5.56 Å². The van der Waals surface area contributed by atoms with Gasteiger partial charge in [-0.2, -0.15) is 0 Å². The molecule has 162 valence electrons. The van der Waals surface area contributed by atoms with Gasteiger partial charge < -0.3 is 4.57 Å². The summed E-state index contributed by atoms with van der Waals surface area (Å²) in [6, 6.07) is 13.7. The van der Waals surface area contributed by atoms with Crippen molar-refractivity contribution >= 4 is 56.8 Å². The number of para-hydroxylation sites is 1. The summed E-state index contributed by atoms with van der Waals surface area (Å²) in [5.41, 5.74) is 4.45. The van der Waals surface area contributed by atoms with E-state index in [0.717, 1.165) is 32.0 Å². The molecular weight excluding hydrogens is 493 g/mol. The number of halogens is 2. The number of carbonyl (C=O) groups is 2. The van der Waals surface area contributed by atoms with Crippen LogP contribution < -0.4 is 10.2 Å². The molecule has 0 spiro atoms. The Labute approximate surface area is 198 Å². The largest absolute Gasteiger partial charge is 0.318 e. The van der Waals surface area contributed by atoms with Crippen LogP contribution in [0.3, 0.4) is 0 Å². The zero-order valence-corrected chi connectivity index (χ0v) is 20.0. The Hall–Kier alpha value is -3.10. The Morgan fingerprint density at radius 1 is 1.06 bits per heavy atom. The Bertz CT molecular complexity index is 1330. The van der Waals surface area contributed by atoms with Crippen molar-refractivity contribution in [3.05, 3.63) is 86.9 Å². The number of hydrogen-bond acceptors (Lipinski definition) is 3. The molecule has 0 saturated carbocycles. The van der Waals surface area contributed by atoms with Crippen molar-refractivity contribution in [2.24, 2.45) is 0 Å². The fourth-order valence-corrected chi connectivity index (χ4v) is 4.28. The highest BCUT2D eigenvalue weighted by Crippen LogP contribution is 2.28. The molecule has 0 unspecified atom stereocenters. The van der Waals surface area contributed by atoms with Gasteiger partial charge in [0, 0.05) is 21.5 Å². The first-order valence-electron chi connectivity index (χ1n) is 9.80. The Kier molecular flexibility index (Phi) is 5.83. The van der Waals surface area contributed by atoms with Crippen molar-refractivity contribution < 1.29 is 14.0 Å². The monoisotopic (exact) mass is 511 g/mol. The third-order valence-corrected chi connectivity index (χ3v) is 6.54. The average molecular weight is 512 g/mol. The molecule has 0 radical (unpaired) electrons. The van der Waals surface area contributed by atoms with Gasteiger partial charge in [0.15, 0.2) is 5.11 Å². The Morgan fingerprint density at radius 2 is 1.78 bits per heavy atom. The van der Waals surface area contributed by atoms with E-state index < -0.39 is 17.6 Å². The van der Waals surface area contributed by atoms with Crippen LogP contribution in [0.2, 0.25) is 0 Å². The summed E-state index contributed by atoms with van der Waals surface area (Å²) in [6.07, 6.45) is 1.53. The number of nitrogens with one attached hydrogen (secondary N) is 1. The third kappa shape index (κ3) is 3.80. The maximum atomic E-state index is 14.3. The number of hydrogen-bond donors (Lipinski definition) is 1. The van der Waals surface area contributed by atoms with Crippen molar-refractivity contribution in [1.82, 2.24) is 9.88 Å². The fraction of sp³-hybridized carbons (Fsp3) is 0.125. The molecule has 32 heavy (non-hydrogen) atoms. The van der Waals surface area contributed by atoms with E-state index in [1.807, 2.05) is 39.0 Å². The SMILES string of the molecule is Cc1cc(-n2c(C)cc(/C=C3\C(=O)NC(=S)N(c4ccccc4F)C3=O)c2C)ccc1Br. The number of aryl methyl sites for hydroxylation is 2. The zero-order chi connectivity index (χ0) is 23.2. The summed E-state index contributed by atoms with van der Waals surface area (Å²) in [5, 5.41) is 2.34. The molecule has 0 bridgehead atoms. The molecule has 3 aromatic rings. The Morgan fingerprint density at radius 3 is 2.47 bits per heavy atom. The van der Waals surface area contributed by atoms with Crippen molar-refractivity contribution in [3.63, 3.8) is 0 Å². The van der Waals surface area contributed by atoms with Crippen LogP contribution in [0.4, 0.5) is 10.1 Å². The van der Waals surface area contributed by atoms with Gasteiger partial charge in [0.25, 0.3) is 11.8 Å². The van der Waals surface area contributed by atoms with Crippen LogP contribution in [0.15, 0.2) is 58.6 Å². The predicted octanol–water partition coefficient (Wildman–Crippen LogP) is 5.14. The van der Waals surface area contributed by atoms with Gasteiger partial charge in [0.2, 0.25) is 0 Å². The second-order valence-electron chi connectivity index (χ2n) is 7.50. The van der Waals surface area contributed by atoms with E-state index in [2.05, 4.69) is 31.9 Å². The first kappa shape index (κ1) is 22.1. The van der Waals surface area contributed by atoms with Crippen LogP contribution in [0, 0.1) is 26.6 Å². The van der Waals surface area contributed by atoms with Crippen molar-refractivity contribution in [3.8, 4) is 5.69 Å². The lowest BCUT2D eigenvalue weighted by molar-refractivity contribution is -0.122. The number of carbonyl (C=O) groups excluding carboxylic acids is 2. The second-order valence-corrected chi connectivity index (χ2v) is 8.75.